The number of aryl methyl sites for hydroxylation is 1. The number of amides is 2. The van der Waals surface area contributed by atoms with E-state index in [2.05, 4.69) is 5.32 Å². The van der Waals surface area contributed by atoms with Gasteiger partial charge in [-0.2, -0.15) is 21.6 Å². The summed E-state index contributed by atoms with van der Waals surface area (Å²) < 4.78 is 68.8. The van der Waals surface area contributed by atoms with E-state index in [1.54, 1.807) is 17.0 Å². The highest BCUT2D eigenvalue weighted by Crippen LogP contribution is 2.31. The Morgan fingerprint density at radius 3 is 2.14 bits per heavy atom. The Kier molecular flexibility index (Phi) is 8.29. The topological polar surface area (TPSA) is 75.7 Å². The number of benzene rings is 3. The standard InChI is InChI=1S/C26H27F3N2O4S/c1-4-19-8-12-22(13-9-19)30-25(32)31(18(2)3)17-20-10-14-23(15-11-20)35-36(33,34)24-7-5-6-21(16-24)26(27,28)29/h5-16,18H,4,17H2,1-3H3,(H,30,32). The van der Waals surface area contributed by atoms with Gasteiger partial charge in [0.1, 0.15) is 10.6 Å². The summed E-state index contributed by atoms with van der Waals surface area (Å²) in [6.45, 7) is 6.04. The molecule has 0 unspecified atom stereocenters. The first-order valence-corrected chi connectivity index (χ1v) is 12.7. The van der Waals surface area contributed by atoms with Crippen molar-refractivity contribution in [3.8, 4) is 5.75 Å². The number of carbonyl (C=O) groups is 1. The summed E-state index contributed by atoms with van der Waals surface area (Å²) in [6, 6.07) is 16.5. The van der Waals surface area contributed by atoms with E-state index in [-0.39, 0.29) is 24.4 Å². The van der Waals surface area contributed by atoms with Crippen molar-refractivity contribution in [3.63, 3.8) is 0 Å². The second kappa shape index (κ2) is 11.0. The number of anilines is 1. The van der Waals surface area contributed by atoms with Gasteiger partial charge in [-0.05, 0) is 73.9 Å². The molecule has 3 aromatic rings. The smallest absolute Gasteiger partial charge is 0.379 e. The van der Waals surface area contributed by atoms with Gasteiger partial charge in [0.2, 0.25) is 0 Å². The Bertz CT molecular complexity index is 1290. The van der Waals surface area contributed by atoms with Crippen LogP contribution in [-0.4, -0.2) is 25.4 Å². The summed E-state index contributed by atoms with van der Waals surface area (Å²) in [6.07, 6.45) is -3.78. The van der Waals surface area contributed by atoms with E-state index in [1.165, 1.54) is 12.1 Å². The van der Waals surface area contributed by atoms with E-state index in [9.17, 15) is 26.4 Å². The molecule has 0 fully saturated rings. The molecule has 0 heterocycles. The lowest BCUT2D eigenvalue weighted by atomic mass is 10.1. The van der Waals surface area contributed by atoms with Crippen molar-refractivity contribution in [3.05, 3.63) is 89.5 Å². The molecule has 0 aliphatic rings. The predicted molar refractivity (Wildman–Crippen MR) is 131 cm³/mol. The molecule has 0 aliphatic carbocycles. The fourth-order valence-electron chi connectivity index (χ4n) is 3.36. The van der Waals surface area contributed by atoms with Gasteiger partial charge >= 0.3 is 22.3 Å². The molecule has 0 aliphatic heterocycles. The number of urea groups is 1. The van der Waals surface area contributed by atoms with E-state index in [0.717, 1.165) is 30.2 Å². The largest absolute Gasteiger partial charge is 0.416 e. The zero-order valence-electron chi connectivity index (χ0n) is 20.0. The summed E-state index contributed by atoms with van der Waals surface area (Å²) in [5.74, 6) is -0.0623. The van der Waals surface area contributed by atoms with E-state index in [4.69, 9.17) is 4.18 Å². The summed E-state index contributed by atoms with van der Waals surface area (Å²) in [4.78, 5) is 13.9. The molecule has 1 N–H and O–H groups in total. The van der Waals surface area contributed by atoms with Crippen LogP contribution in [0.2, 0.25) is 0 Å². The van der Waals surface area contributed by atoms with E-state index >= 15 is 0 Å². The molecule has 0 atom stereocenters. The zero-order valence-corrected chi connectivity index (χ0v) is 20.9. The Morgan fingerprint density at radius 2 is 1.58 bits per heavy atom. The highest BCUT2D eigenvalue weighted by atomic mass is 32.2. The van der Waals surface area contributed by atoms with Gasteiger partial charge in [-0.25, -0.2) is 4.79 Å². The lowest BCUT2D eigenvalue weighted by Crippen LogP contribution is -2.39. The monoisotopic (exact) mass is 520 g/mol. The van der Waals surface area contributed by atoms with Gasteiger partial charge in [-0.1, -0.05) is 37.3 Å². The van der Waals surface area contributed by atoms with Crippen molar-refractivity contribution in [2.45, 2.75) is 50.9 Å². The Morgan fingerprint density at radius 1 is 0.972 bits per heavy atom. The number of hydrogen-bond donors (Lipinski definition) is 1. The average molecular weight is 521 g/mol. The summed E-state index contributed by atoms with van der Waals surface area (Å²) >= 11 is 0. The third kappa shape index (κ3) is 7.00. The number of hydrogen-bond acceptors (Lipinski definition) is 4. The van der Waals surface area contributed by atoms with Gasteiger partial charge in [-0.3, -0.25) is 0 Å². The van der Waals surface area contributed by atoms with Crippen LogP contribution in [0.15, 0.2) is 77.7 Å². The van der Waals surface area contributed by atoms with Gasteiger partial charge in [-0.15, -0.1) is 0 Å². The first-order chi connectivity index (χ1) is 16.9. The third-order valence-electron chi connectivity index (χ3n) is 5.43. The molecule has 3 rings (SSSR count). The SMILES string of the molecule is CCc1ccc(NC(=O)N(Cc2ccc(OS(=O)(=O)c3cccc(C(F)(F)F)c3)cc2)C(C)C)cc1. The van der Waals surface area contributed by atoms with E-state index in [1.807, 2.05) is 45.0 Å². The molecule has 3 aromatic carbocycles. The molecular formula is C26H27F3N2O4S. The van der Waals surface area contributed by atoms with Crippen molar-refractivity contribution in [1.82, 2.24) is 4.90 Å². The number of carbonyl (C=O) groups excluding carboxylic acids is 1. The first kappa shape index (κ1) is 27.1. The minimum atomic E-state index is -4.68. The molecule has 0 bridgehead atoms. The van der Waals surface area contributed by atoms with Crippen LogP contribution >= 0.6 is 0 Å². The van der Waals surface area contributed by atoms with Gasteiger partial charge in [0.05, 0.1) is 5.56 Å². The lowest BCUT2D eigenvalue weighted by Gasteiger charge is -2.27. The van der Waals surface area contributed by atoms with Gasteiger partial charge in [0.25, 0.3) is 0 Å². The van der Waals surface area contributed by atoms with Crippen molar-refractivity contribution >= 4 is 21.8 Å². The van der Waals surface area contributed by atoms with Crippen LogP contribution in [0.25, 0.3) is 0 Å². The van der Waals surface area contributed by atoms with Crippen LogP contribution < -0.4 is 9.50 Å². The number of alkyl halides is 3. The van der Waals surface area contributed by atoms with Crippen LogP contribution in [0.1, 0.15) is 37.5 Å². The molecule has 6 nitrogen and oxygen atoms in total. The zero-order chi connectivity index (χ0) is 26.5. The fourth-order valence-corrected chi connectivity index (χ4v) is 4.34. The second-order valence-electron chi connectivity index (χ2n) is 8.41. The van der Waals surface area contributed by atoms with Gasteiger partial charge < -0.3 is 14.4 Å². The van der Waals surface area contributed by atoms with Crippen LogP contribution in [0.4, 0.5) is 23.7 Å². The molecule has 192 valence electrons. The van der Waals surface area contributed by atoms with E-state index < -0.39 is 26.8 Å². The maximum atomic E-state index is 12.9. The molecule has 0 spiro atoms. The normalized spacial score (nSPS) is 11.9. The minimum absolute atomic E-state index is 0.0623. The van der Waals surface area contributed by atoms with Crippen LogP contribution in [0.3, 0.4) is 0 Å². The van der Waals surface area contributed by atoms with Crippen molar-refractivity contribution in [2.75, 3.05) is 5.32 Å². The molecule has 0 aromatic heterocycles. The maximum absolute atomic E-state index is 12.9. The Labute approximate surface area is 208 Å². The number of rotatable bonds is 8. The minimum Gasteiger partial charge on any atom is -0.379 e. The Hall–Kier alpha value is -3.53. The van der Waals surface area contributed by atoms with Crippen molar-refractivity contribution in [1.29, 1.82) is 0 Å². The Balaban J connectivity index is 1.69. The van der Waals surface area contributed by atoms with E-state index in [0.29, 0.717) is 17.3 Å². The highest BCUT2D eigenvalue weighted by Gasteiger charge is 2.32. The first-order valence-electron chi connectivity index (χ1n) is 11.3. The summed E-state index contributed by atoms with van der Waals surface area (Å²) in [5, 5.41) is 2.87. The molecule has 10 heteroatoms. The number of nitrogens with one attached hydrogen (secondary N) is 1. The van der Waals surface area contributed by atoms with Crippen LogP contribution in [0, 0.1) is 0 Å². The molecule has 0 saturated carbocycles. The summed E-state index contributed by atoms with van der Waals surface area (Å²) in [7, 11) is -4.47. The van der Waals surface area contributed by atoms with Gasteiger partial charge in [0.15, 0.2) is 0 Å². The maximum Gasteiger partial charge on any atom is 0.416 e. The quantitative estimate of drug-likeness (QED) is 0.345. The molecular weight excluding hydrogens is 493 g/mol. The van der Waals surface area contributed by atoms with Crippen LogP contribution in [0.5, 0.6) is 5.75 Å². The van der Waals surface area contributed by atoms with Crippen LogP contribution in [-0.2, 0) is 29.3 Å². The fraction of sp³-hybridized carbons (Fsp3) is 0.269. The number of nitrogens with zero attached hydrogens (tertiary/aromatic N) is 1. The molecule has 0 radical (unpaired) electrons. The lowest BCUT2D eigenvalue weighted by molar-refractivity contribution is -0.137. The third-order valence-corrected chi connectivity index (χ3v) is 6.67. The second-order valence-corrected chi connectivity index (χ2v) is 9.96. The van der Waals surface area contributed by atoms with Gasteiger partial charge in [0, 0.05) is 18.3 Å². The van der Waals surface area contributed by atoms with Crippen molar-refractivity contribution in [2.24, 2.45) is 0 Å². The summed E-state index contributed by atoms with van der Waals surface area (Å²) in [5.41, 5.74) is 1.46. The van der Waals surface area contributed by atoms with Crippen molar-refractivity contribution < 1.29 is 30.6 Å². The molecule has 2 amide bonds. The predicted octanol–water partition coefficient (Wildman–Crippen LogP) is 6.48. The average Bonchev–Trinajstić information content (AvgIpc) is 2.83. The molecule has 36 heavy (non-hydrogen) atoms. The number of halogens is 3. The highest BCUT2D eigenvalue weighted by molar-refractivity contribution is 7.87. The molecule has 0 saturated heterocycles.